The number of aromatic nitrogens is 4. The normalized spacial score (nSPS) is 15.6. The molecular formula is C16H22N6O3. The van der Waals surface area contributed by atoms with Gasteiger partial charge in [-0.2, -0.15) is 10.2 Å². The molecule has 0 unspecified atom stereocenters. The molecule has 0 bridgehead atoms. The second kappa shape index (κ2) is 7.06. The summed E-state index contributed by atoms with van der Waals surface area (Å²) >= 11 is 0. The second-order valence-electron chi connectivity index (χ2n) is 6.03. The molecule has 0 aromatic carbocycles. The standard InChI is InChI=1S/C16H22N6O3/c1-4-25-16(24)15-12(8-20(3)18-15)9-21-5-6-22(14(23)11-21)13-7-17-19(2)10-13/h7-8,10H,4-6,9,11H2,1-3H3. The average molecular weight is 346 g/mol. The number of amides is 1. The molecule has 1 aliphatic rings. The quantitative estimate of drug-likeness (QED) is 0.718. The van der Waals surface area contributed by atoms with E-state index in [4.69, 9.17) is 4.74 Å². The Bertz CT molecular complexity index is 781. The molecule has 3 heterocycles. The molecule has 9 nitrogen and oxygen atoms in total. The molecule has 9 heteroatoms. The van der Waals surface area contributed by atoms with E-state index in [0.29, 0.717) is 31.9 Å². The first kappa shape index (κ1) is 17.2. The number of nitrogens with zero attached hydrogens (tertiary/aromatic N) is 6. The van der Waals surface area contributed by atoms with E-state index < -0.39 is 5.97 Å². The van der Waals surface area contributed by atoms with Crippen LogP contribution in [0.4, 0.5) is 5.69 Å². The second-order valence-corrected chi connectivity index (χ2v) is 6.03. The van der Waals surface area contributed by atoms with Crippen LogP contribution in [-0.4, -0.2) is 62.6 Å². The fourth-order valence-electron chi connectivity index (χ4n) is 2.94. The number of hydrogen-bond acceptors (Lipinski definition) is 6. The highest BCUT2D eigenvalue weighted by Crippen LogP contribution is 2.18. The molecule has 3 rings (SSSR count). The Morgan fingerprint density at radius 2 is 2.04 bits per heavy atom. The van der Waals surface area contributed by atoms with Crippen LogP contribution in [0.2, 0.25) is 0 Å². The Kier molecular flexibility index (Phi) is 4.84. The summed E-state index contributed by atoms with van der Waals surface area (Å²) in [5.74, 6) is -0.417. The summed E-state index contributed by atoms with van der Waals surface area (Å²) in [6.07, 6.45) is 5.31. The molecular weight excluding hydrogens is 324 g/mol. The van der Waals surface area contributed by atoms with Crippen LogP contribution in [0.15, 0.2) is 18.6 Å². The third kappa shape index (κ3) is 3.71. The number of hydrogen-bond donors (Lipinski definition) is 0. The van der Waals surface area contributed by atoms with E-state index in [1.54, 1.807) is 40.6 Å². The van der Waals surface area contributed by atoms with Crippen LogP contribution in [0, 0.1) is 0 Å². The Morgan fingerprint density at radius 3 is 2.68 bits per heavy atom. The van der Waals surface area contributed by atoms with E-state index in [-0.39, 0.29) is 12.5 Å². The van der Waals surface area contributed by atoms with Gasteiger partial charge >= 0.3 is 5.97 Å². The van der Waals surface area contributed by atoms with Crippen molar-refractivity contribution in [1.29, 1.82) is 0 Å². The van der Waals surface area contributed by atoms with Crippen LogP contribution < -0.4 is 4.90 Å². The van der Waals surface area contributed by atoms with Gasteiger partial charge in [-0.3, -0.25) is 19.1 Å². The lowest BCUT2D eigenvalue weighted by Gasteiger charge is -2.33. The van der Waals surface area contributed by atoms with Gasteiger partial charge in [0.25, 0.3) is 0 Å². The first-order chi connectivity index (χ1) is 12.0. The molecule has 0 aliphatic carbocycles. The van der Waals surface area contributed by atoms with Gasteiger partial charge in [-0.15, -0.1) is 0 Å². The number of rotatable bonds is 5. The molecule has 0 radical (unpaired) electrons. The number of carbonyl (C=O) groups excluding carboxylic acids is 2. The predicted octanol–water partition coefficient (Wildman–Crippen LogP) is 0.179. The fraction of sp³-hybridized carbons (Fsp3) is 0.500. The van der Waals surface area contributed by atoms with Crippen molar-refractivity contribution in [3.8, 4) is 0 Å². The van der Waals surface area contributed by atoms with Crippen molar-refractivity contribution in [2.75, 3.05) is 31.1 Å². The zero-order valence-electron chi connectivity index (χ0n) is 14.7. The van der Waals surface area contributed by atoms with Gasteiger partial charge in [-0.1, -0.05) is 0 Å². The average Bonchev–Trinajstić information content (AvgIpc) is 3.14. The van der Waals surface area contributed by atoms with Crippen molar-refractivity contribution in [2.45, 2.75) is 13.5 Å². The maximum absolute atomic E-state index is 12.5. The van der Waals surface area contributed by atoms with E-state index in [1.807, 2.05) is 18.1 Å². The Morgan fingerprint density at radius 1 is 1.24 bits per heavy atom. The minimum absolute atomic E-state index is 0.0147. The molecule has 1 amide bonds. The number of piperazine rings is 1. The topological polar surface area (TPSA) is 85.5 Å². The van der Waals surface area contributed by atoms with Crippen LogP contribution >= 0.6 is 0 Å². The maximum Gasteiger partial charge on any atom is 0.359 e. The zero-order valence-corrected chi connectivity index (χ0v) is 14.7. The van der Waals surface area contributed by atoms with Gasteiger partial charge in [0.15, 0.2) is 5.69 Å². The maximum atomic E-state index is 12.5. The first-order valence-corrected chi connectivity index (χ1v) is 8.19. The van der Waals surface area contributed by atoms with Gasteiger partial charge in [0, 0.05) is 51.7 Å². The van der Waals surface area contributed by atoms with Crippen molar-refractivity contribution in [1.82, 2.24) is 24.5 Å². The fourth-order valence-corrected chi connectivity index (χ4v) is 2.94. The molecule has 134 valence electrons. The summed E-state index contributed by atoms with van der Waals surface area (Å²) in [5, 5.41) is 8.30. The van der Waals surface area contributed by atoms with E-state index in [1.165, 1.54) is 0 Å². The molecule has 1 saturated heterocycles. The highest BCUT2D eigenvalue weighted by atomic mass is 16.5. The van der Waals surface area contributed by atoms with Gasteiger partial charge in [-0.05, 0) is 6.92 Å². The van der Waals surface area contributed by atoms with Crippen LogP contribution in [0.25, 0.3) is 0 Å². The monoisotopic (exact) mass is 346 g/mol. The summed E-state index contributed by atoms with van der Waals surface area (Å²) in [4.78, 5) is 28.2. The van der Waals surface area contributed by atoms with Gasteiger partial charge in [-0.25, -0.2) is 4.79 Å². The number of ether oxygens (including phenoxy) is 1. The summed E-state index contributed by atoms with van der Waals surface area (Å²) < 4.78 is 8.32. The molecule has 0 N–H and O–H groups in total. The van der Waals surface area contributed by atoms with Gasteiger partial charge in [0.2, 0.25) is 5.91 Å². The Balaban J connectivity index is 1.68. The Labute approximate surface area is 145 Å². The SMILES string of the molecule is CCOC(=O)c1nn(C)cc1CN1CCN(c2cnn(C)c2)C(=O)C1. The van der Waals surface area contributed by atoms with Gasteiger partial charge in [0.1, 0.15) is 0 Å². The Hall–Kier alpha value is -2.68. The van der Waals surface area contributed by atoms with Crippen LogP contribution in [0.3, 0.4) is 0 Å². The number of esters is 1. The number of aryl methyl sites for hydroxylation is 2. The van der Waals surface area contributed by atoms with Crippen LogP contribution in [0.5, 0.6) is 0 Å². The van der Waals surface area contributed by atoms with Crippen molar-refractivity contribution < 1.29 is 14.3 Å². The lowest BCUT2D eigenvalue weighted by atomic mass is 10.2. The summed E-state index contributed by atoms with van der Waals surface area (Å²) in [6, 6.07) is 0. The van der Waals surface area contributed by atoms with Gasteiger partial charge in [0.05, 0.1) is 25.0 Å². The number of carbonyl (C=O) groups is 2. The molecule has 1 aliphatic heterocycles. The zero-order chi connectivity index (χ0) is 18.0. The third-order valence-electron chi connectivity index (χ3n) is 4.07. The minimum Gasteiger partial charge on any atom is -0.461 e. The van der Waals surface area contributed by atoms with E-state index in [2.05, 4.69) is 10.2 Å². The number of anilines is 1. The highest BCUT2D eigenvalue weighted by molar-refractivity contribution is 5.95. The predicted molar refractivity (Wildman–Crippen MR) is 90.0 cm³/mol. The van der Waals surface area contributed by atoms with Gasteiger partial charge < -0.3 is 9.64 Å². The molecule has 25 heavy (non-hydrogen) atoms. The molecule has 1 fully saturated rings. The molecule has 2 aromatic rings. The summed E-state index contributed by atoms with van der Waals surface area (Å²) in [7, 11) is 3.58. The van der Waals surface area contributed by atoms with Crippen molar-refractivity contribution in [3.05, 3.63) is 29.8 Å². The lowest BCUT2D eigenvalue weighted by molar-refractivity contribution is -0.121. The van der Waals surface area contributed by atoms with Crippen LogP contribution in [-0.2, 0) is 30.2 Å². The molecule has 0 spiro atoms. The molecule has 2 aromatic heterocycles. The highest BCUT2D eigenvalue weighted by Gasteiger charge is 2.27. The van der Waals surface area contributed by atoms with E-state index in [9.17, 15) is 9.59 Å². The summed E-state index contributed by atoms with van der Waals surface area (Å²) in [5.41, 5.74) is 1.89. The summed E-state index contributed by atoms with van der Waals surface area (Å²) in [6.45, 7) is 4.12. The van der Waals surface area contributed by atoms with Crippen molar-refractivity contribution in [3.63, 3.8) is 0 Å². The molecule has 0 saturated carbocycles. The smallest absolute Gasteiger partial charge is 0.359 e. The minimum atomic E-state index is -0.432. The third-order valence-corrected chi connectivity index (χ3v) is 4.07. The first-order valence-electron chi connectivity index (χ1n) is 8.19. The van der Waals surface area contributed by atoms with E-state index in [0.717, 1.165) is 11.3 Å². The molecule has 0 atom stereocenters. The van der Waals surface area contributed by atoms with Crippen LogP contribution in [0.1, 0.15) is 23.0 Å². The largest absolute Gasteiger partial charge is 0.461 e. The van der Waals surface area contributed by atoms with Crippen molar-refractivity contribution in [2.24, 2.45) is 14.1 Å². The van der Waals surface area contributed by atoms with Crippen molar-refractivity contribution >= 4 is 17.6 Å². The van der Waals surface area contributed by atoms with E-state index >= 15 is 0 Å². The lowest BCUT2D eigenvalue weighted by Crippen LogP contribution is -2.50.